The third-order valence-corrected chi connectivity index (χ3v) is 4.63. The monoisotopic (exact) mass is 309 g/mol. The maximum atomic E-state index is 6.36. The van der Waals surface area contributed by atoms with Crippen molar-refractivity contribution in [1.29, 1.82) is 0 Å². The van der Waals surface area contributed by atoms with E-state index < -0.39 is 0 Å². The molecule has 3 heterocycles. The van der Waals surface area contributed by atoms with Crippen molar-refractivity contribution in [2.75, 3.05) is 20.1 Å². The minimum Gasteiger partial charge on any atom is -0.311 e. The van der Waals surface area contributed by atoms with Crippen LogP contribution in [0.25, 0.3) is 11.2 Å². The fraction of sp³-hybridized carbons (Fsp3) is 0.733. The average Bonchev–Trinajstić information content (AvgIpc) is 2.90. The second kappa shape index (κ2) is 5.61. The fourth-order valence-electron chi connectivity index (χ4n) is 3.52. The lowest BCUT2D eigenvalue weighted by atomic mass is 9.98. The minimum absolute atomic E-state index is 0.0851. The summed E-state index contributed by atoms with van der Waals surface area (Å²) in [4.78, 5) is 7.17. The summed E-state index contributed by atoms with van der Waals surface area (Å²) in [6.07, 6.45) is 2.55. The molecule has 0 spiro atoms. The van der Waals surface area contributed by atoms with Gasteiger partial charge in [-0.05, 0) is 46.2 Å². The zero-order chi connectivity index (χ0) is 15.1. The summed E-state index contributed by atoms with van der Waals surface area (Å²) in [6, 6.07) is 0. The van der Waals surface area contributed by atoms with Crippen LogP contribution in [0.1, 0.15) is 36.7 Å². The molecule has 5 nitrogen and oxygen atoms in total. The van der Waals surface area contributed by atoms with Crippen LogP contribution < -0.4 is 0 Å². The van der Waals surface area contributed by atoms with Gasteiger partial charge in [0.25, 0.3) is 0 Å². The van der Waals surface area contributed by atoms with Crippen molar-refractivity contribution in [1.82, 2.24) is 24.2 Å². The van der Waals surface area contributed by atoms with Crippen molar-refractivity contribution in [2.45, 2.75) is 38.6 Å². The Morgan fingerprint density at radius 3 is 2.81 bits per heavy atom. The lowest BCUT2D eigenvalue weighted by Gasteiger charge is -2.30. The molecule has 21 heavy (non-hydrogen) atoms. The summed E-state index contributed by atoms with van der Waals surface area (Å²) in [5, 5.41) is 4.41. The molecule has 2 aromatic heterocycles. The molecule has 0 saturated carbocycles. The molecule has 1 saturated heterocycles. The molecular formula is C15H24ClN5. The number of alkyl halides is 1. The molecule has 6 heteroatoms. The number of nitrogens with zero attached hydrogens (tertiary/aromatic N) is 5. The van der Waals surface area contributed by atoms with Crippen molar-refractivity contribution in [3.63, 3.8) is 0 Å². The van der Waals surface area contributed by atoms with E-state index in [4.69, 9.17) is 16.6 Å². The summed E-state index contributed by atoms with van der Waals surface area (Å²) in [5.41, 5.74) is 3.07. The fourth-order valence-corrected chi connectivity index (χ4v) is 3.68. The third kappa shape index (κ3) is 2.69. The number of halogens is 1. The molecule has 2 aromatic rings. The van der Waals surface area contributed by atoms with Crippen LogP contribution in [0.15, 0.2) is 0 Å². The van der Waals surface area contributed by atoms with Crippen LogP contribution in [-0.2, 0) is 13.6 Å². The summed E-state index contributed by atoms with van der Waals surface area (Å²) in [6.45, 7) is 7.34. The van der Waals surface area contributed by atoms with E-state index in [0.29, 0.717) is 5.92 Å². The van der Waals surface area contributed by atoms with Gasteiger partial charge in [-0.2, -0.15) is 5.10 Å². The molecule has 116 valence electrons. The predicted octanol–water partition coefficient (Wildman–Crippen LogP) is 2.72. The number of hydrogen-bond donors (Lipinski definition) is 0. The molecule has 2 atom stereocenters. The smallest absolute Gasteiger partial charge is 0.158 e. The summed E-state index contributed by atoms with van der Waals surface area (Å²) < 4.78 is 4.23. The Labute approximate surface area is 130 Å². The summed E-state index contributed by atoms with van der Waals surface area (Å²) >= 11 is 6.36. The molecule has 0 aliphatic carbocycles. The van der Waals surface area contributed by atoms with Crippen molar-refractivity contribution in [2.24, 2.45) is 13.0 Å². The largest absolute Gasteiger partial charge is 0.311 e. The van der Waals surface area contributed by atoms with Crippen molar-refractivity contribution in [3.05, 3.63) is 11.5 Å². The normalized spacial score (nSPS) is 22.0. The van der Waals surface area contributed by atoms with Gasteiger partial charge >= 0.3 is 0 Å². The van der Waals surface area contributed by atoms with E-state index >= 15 is 0 Å². The zero-order valence-corrected chi connectivity index (χ0v) is 14.1. The Kier molecular flexibility index (Phi) is 3.97. The van der Waals surface area contributed by atoms with Crippen LogP contribution in [0.4, 0.5) is 0 Å². The van der Waals surface area contributed by atoms with E-state index in [1.54, 1.807) is 0 Å². The van der Waals surface area contributed by atoms with Crippen LogP contribution in [0, 0.1) is 12.8 Å². The van der Waals surface area contributed by atoms with Gasteiger partial charge in [0.05, 0.1) is 11.1 Å². The van der Waals surface area contributed by atoms with Crippen molar-refractivity contribution < 1.29 is 0 Å². The SMILES string of the molecule is Cc1nn(C)c2c1nc(C(C)Cl)n2CC1CCCN(C)C1. The molecule has 0 bridgehead atoms. The number of imidazole rings is 1. The van der Waals surface area contributed by atoms with Crippen molar-refractivity contribution >= 4 is 22.8 Å². The molecule has 0 aromatic carbocycles. The maximum Gasteiger partial charge on any atom is 0.158 e. The van der Waals surface area contributed by atoms with Gasteiger partial charge in [0, 0.05) is 20.1 Å². The molecule has 1 fully saturated rings. The topological polar surface area (TPSA) is 38.9 Å². The highest BCUT2D eigenvalue weighted by Gasteiger charge is 2.24. The van der Waals surface area contributed by atoms with Crippen molar-refractivity contribution in [3.8, 4) is 0 Å². The first-order valence-electron chi connectivity index (χ1n) is 7.69. The van der Waals surface area contributed by atoms with Crippen LogP contribution in [0.2, 0.25) is 0 Å². The highest BCUT2D eigenvalue weighted by molar-refractivity contribution is 6.20. The number of piperidine rings is 1. The van der Waals surface area contributed by atoms with E-state index in [2.05, 4.69) is 21.6 Å². The van der Waals surface area contributed by atoms with Gasteiger partial charge in [-0.25, -0.2) is 4.98 Å². The first-order valence-corrected chi connectivity index (χ1v) is 8.13. The molecular weight excluding hydrogens is 286 g/mol. The standard InChI is InChI=1S/C15H24ClN5/c1-10(16)14-17-13-11(2)18-20(4)15(13)21(14)9-12-6-5-7-19(3)8-12/h10,12H,5-9H2,1-4H3. The highest BCUT2D eigenvalue weighted by Crippen LogP contribution is 2.28. The number of hydrogen-bond acceptors (Lipinski definition) is 3. The van der Waals surface area contributed by atoms with Gasteiger partial charge in [-0.3, -0.25) is 4.68 Å². The molecule has 0 radical (unpaired) electrons. The molecule has 1 aliphatic heterocycles. The molecule has 1 aliphatic rings. The number of aromatic nitrogens is 4. The van der Waals surface area contributed by atoms with Crippen LogP contribution in [0.5, 0.6) is 0 Å². The van der Waals surface area contributed by atoms with Crippen LogP contribution in [-0.4, -0.2) is 44.4 Å². The maximum absolute atomic E-state index is 6.36. The number of fused-ring (bicyclic) bond motifs is 1. The van der Waals surface area contributed by atoms with Gasteiger partial charge in [0.2, 0.25) is 0 Å². The van der Waals surface area contributed by atoms with E-state index in [-0.39, 0.29) is 5.38 Å². The van der Waals surface area contributed by atoms with Crippen LogP contribution >= 0.6 is 11.6 Å². The average molecular weight is 310 g/mol. The van der Waals surface area contributed by atoms with E-state index in [0.717, 1.165) is 35.8 Å². The van der Waals surface area contributed by atoms with E-state index in [1.807, 2.05) is 25.6 Å². The molecule has 2 unspecified atom stereocenters. The highest BCUT2D eigenvalue weighted by atomic mass is 35.5. The van der Waals surface area contributed by atoms with Gasteiger partial charge in [0.15, 0.2) is 5.65 Å². The quantitative estimate of drug-likeness (QED) is 0.818. The summed E-state index contributed by atoms with van der Waals surface area (Å²) in [7, 11) is 4.19. The number of aryl methyl sites for hydroxylation is 2. The van der Waals surface area contributed by atoms with Gasteiger partial charge in [-0.15, -0.1) is 11.6 Å². The number of rotatable bonds is 3. The van der Waals surface area contributed by atoms with Gasteiger partial charge in [0.1, 0.15) is 11.3 Å². The second-order valence-corrected chi connectivity index (χ2v) is 7.00. The lowest BCUT2D eigenvalue weighted by Crippen LogP contribution is -2.34. The zero-order valence-electron chi connectivity index (χ0n) is 13.3. The first kappa shape index (κ1) is 14.9. The molecule has 3 rings (SSSR count). The van der Waals surface area contributed by atoms with E-state index in [9.17, 15) is 0 Å². The first-order chi connectivity index (χ1) is 9.97. The van der Waals surface area contributed by atoms with Gasteiger partial charge in [-0.1, -0.05) is 0 Å². The summed E-state index contributed by atoms with van der Waals surface area (Å²) in [5.74, 6) is 1.63. The Morgan fingerprint density at radius 2 is 2.14 bits per heavy atom. The minimum atomic E-state index is -0.0851. The van der Waals surface area contributed by atoms with Crippen LogP contribution in [0.3, 0.4) is 0 Å². The molecule has 0 amide bonds. The van der Waals surface area contributed by atoms with Gasteiger partial charge < -0.3 is 9.47 Å². The predicted molar refractivity (Wildman–Crippen MR) is 85.7 cm³/mol. The second-order valence-electron chi connectivity index (χ2n) is 6.35. The Balaban J connectivity index is 2.00. The Hall–Kier alpha value is -1.07. The Bertz CT molecular complexity index is 642. The lowest BCUT2D eigenvalue weighted by molar-refractivity contribution is 0.194. The van der Waals surface area contributed by atoms with E-state index in [1.165, 1.54) is 19.4 Å². The third-order valence-electron chi connectivity index (χ3n) is 4.44. The number of likely N-dealkylation sites (tertiary alicyclic amines) is 1. The molecule has 0 N–H and O–H groups in total. The Morgan fingerprint density at radius 1 is 1.38 bits per heavy atom.